The van der Waals surface area contributed by atoms with Crippen LogP contribution in [0.2, 0.25) is 0 Å². The summed E-state index contributed by atoms with van der Waals surface area (Å²) in [5, 5.41) is 24.1. The molecule has 5 aromatic rings. The Labute approximate surface area is 222 Å². The van der Waals surface area contributed by atoms with E-state index < -0.39 is 4.92 Å². The van der Waals surface area contributed by atoms with Gasteiger partial charge in [0, 0.05) is 40.9 Å². The highest BCUT2D eigenvalue weighted by Crippen LogP contribution is 2.33. The first-order valence-electron chi connectivity index (χ1n) is 11.7. The van der Waals surface area contributed by atoms with Gasteiger partial charge in [-0.05, 0) is 18.2 Å². The maximum absolute atomic E-state index is 12.6. The minimum atomic E-state index is -0.504. The van der Waals surface area contributed by atoms with Crippen molar-refractivity contribution in [2.75, 3.05) is 11.1 Å². The Balaban J connectivity index is 1.45. The lowest BCUT2D eigenvalue weighted by Gasteiger charge is -2.12. The summed E-state index contributed by atoms with van der Waals surface area (Å²) in [6.07, 6.45) is 1.75. The molecule has 10 heteroatoms. The van der Waals surface area contributed by atoms with Gasteiger partial charge in [-0.2, -0.15) is 0 Å². The zero-order valence-corrected chi connectivity index (χ0v) is 21.0. The molecule has 0 aliphatic heterocycles. The van der Waals surface area contributed by atoms with Crippen LogP contribution in [0.1, 0.15) is 0 Å². The summed E-state index contributed by atoms with van der Waals surface area (Å²) >= 11 is 1.23. The van der Waals surface area contributed by atoms with Gasteiger partial charge in [0.25, 0.3) is 5.69 Å². The zero-order chi connectivity index (χ0) is 26.5. The molecule has 0 spiro atoms. The van der Waals surface area contributed by atoms with Gasteiger partial charge in [-0.15, -0.1) is 16.8 Å². The van der Waals surface area contributed by atoms with E-state index in [0.29, 0.717) is 23.2 Å². The van der Waals surface area contributed by atoms with Gasteiger partial charge in [-0.3, -0.25) is 19.5 Å². The van der Waals surface area contributed by atoms with Gasteiger partial charge in [0.2, 0.25) is 5.91 Å². The number of pyridine rings is 1. The van der Waals surface area contributed by atoms with Gasteiger partial charge in [-0.1, -0.05) is 72.4 Å². The van der Waals surface area contributed by atoms with Crippen molar-refractivity contribution in [1.82, 2.24) is 19.7 Å². The van der Waals surface area contributed by atoms with Crippen molar-refractivity contribution >= 4 is 39.9 Å². The summed E-state index contributed by atoms with van der Waals surface area (Å²) < 4.78 is 1.91. The van der Waals surface area contributed by atoms with E-state index in [9.17, 15) is 14.9 Å². The lowest BCUT2D eigenvalue weighted by Crippen LogP contribution is -2.14. The van der Waals surface area contributed by atoms with Crippen molar-refractivity contribution in [2.24, 2.45) is 0 Å². The molecule has 0 unspecified atom stereocenters. The molecule has 2 heterocycles. The number of hydrogen-bond donors (Lipinski definition) is 1. The highest BCUT2D eigenvalue weighted by atomic mass is 32.2. The van der Waals surface area contributed by atoms with Crippen LogP contribution < -0.4 is 5.32 Å². The number of allylic oxidation sites excluding steroid dienone is 1. The van der Waals surface area contributed by atoms with Crippen LogP contribution in [0.4, 0.5) is 11.4 Å². The Bertz CT molecular complexity index is 1650. The Morgan fingerprint density at radius 1 is 1.03 bits per heavy atom. The van der Waals surface area contributed by atoms with Gasteiger partial charge in [0.1, 0.15) is 0 Å². The quantitative estimate of drug-likeness (QED) is 0.109. The summed E-state index contributed by atoms with van der Waals surface area (Å²) in [5.41, 5.74) is 3.78. The molecule has 1 N–H and O–H groups in total. The third-order valence-electron chi connectivity index (χ3n) is 5.73. The Morgan fingerprint density at radius 2 is 1.82 bits per heavy atom. The Hall–Kier alpha value is -4.83. The van der Waals surface area contributed by atoms with Gasteiger partial charge in [0.05, 0.1) is 21.9 Å². The third kappa shape index (κ3) is 5.30. The molecule has 1 amide bonds. The molecule has 0 atom stereocenters. The van der Waals surface area contributed by atoms with Crippen LogP contribution in [0.3, 0.4) is 0 Å². The number of hydrogen-bond acceptors (Lipinski definition) is 7. The Morgan fingerprint density at radius 3 is 2.61 bits per heavy atom. The molecule has 5 rings (SSSR count). The van der Waals surface area contributed by atoms with Gasteiger partial charge < -0.3 is 5.32 Å². The zero-order valence-electron chi connectivity index (χ0n) is 20.2. The summed E-state index contributed by atoms with van der Waals surface area (Å²) in [6.45, 7) is 4.32. The number of nitrogens with one attached hydrogen (secondary N) is 1. The minimum Gasteiger partial charge on any atom is -0.325 e. The number of carbonyl (C=O) groups is 1. The number of benzene rings is 3. The molecule has 9 nitrogen and oxygen atoms in total. The number of fused-ring (bicyclic) bond motifs is 1. The smallest absolute Gasteiger partial charge is 0.271 e. The first-order chi connectivity index (χ1) is 18.5. The van der Waals surface area contributed by atoms with Gasteiger partial charge >= 0.3 is 0 Å². The highest BCUT2D eigenvalue weighted by Gasteiger charge is 2.19. The standard InChI is InChI=1S/C28H22N6O3S/c1-2-15-33-27(23-17-25(19-9-4-3-5-10-19)30-24-14-7-6-13-22(23)24)31-32-28(33)38-18-26(35)29-20-11-8-12-21(16-20)34(36)37/h2-14,16-17H,1,15,18H2,(H,29,35). The fourth-order valence-electron chi connectivity index (χ4n) is 4.03. The first kappa shape index (κ1) is 24.8. The third-order valence-corrected chi connectivity index (χ3v) is 6.70. The summed E-state index contributed by atoms with van der Waals surface area (Å²) in [4.78, 5) is 28.0. The van der Waals surface area contributed by atoms with Crippen molar-refractivity contribution in [3.8, 4) is 22.6 Å². The molecular formula is C28H22N6O3S. The van der Waals surface area contributed by atoms with Crippen molar-refractivity contribution in [1.29, 1.82) is 0 Å². The lowest BCUT2D eigenvalue weighted by molar-refractivity contribution is -0.384. The van der Waals surface area contributed by atoms with Crippen LogP contribution >= 0.6 is 11.8 Å². The molecule has 0 radical (unpaired) electrons. The second-order valence-electron chi connectivity index (χ2n) is 8.29. The van der Waals surface area contributed by atoms with Crippen molar-refractivity contribution < 1.29 is 9.72 Å². The number of para-hydroxylation sites is 1. The monoisotopic (exact) mass is 522 g/mol. The predicted molar refractivity (Wildman–Crippen MR) is 149 cm³/mol. The molecule has 188 valence electrons. The molecule has 0 saturated heterocycles. The van der Waals surface area contributed by atoms with Crippen molar-refractivity contribution in [3.05, 3.63) is 108 Å². The number of nitro benzene ring substituents is 1. The van der Waals surface area contributed by atoms with E-state index in [4.69, 9.17) is 4.98 Å². The van der Waals surface area contributed by atoms with E-state index in [0.717, 1.165) is 27.7 Å². The molecule has 0 aliphatic rings. The molecule has 38 heavy (non-hydrogen) atoms. The summed E-state index contributed by atoms with van der Waals surface area (Å²) in [5.74, 6) is 0.373. The predicted octanol–water partition coefficient (Wildman–Crippen LogP) is 5.99. The second-order valence-corrected chi connectivity index (χ2v) is 9.23. The summed E-state index contributed by atoms with van der Waals surface area (Å²) in [6, 6.07) is 25.6. The maximum Gasteiger partial charge on any atom is 0.271 e. The SMILES string of the molecule is C=CCn1c(SCC(=O)Nc2cccc([N+](=O)[O-])c2)nnc1-c1cc(-c2ccccc2)nc2ccccc12. The number of anilines is 1. The topological polar surface area (TPSA) is 116 Å². The number of amides is 1. The molecular weight excluding hydrogens is 500 g/mol. The molecule has 0 fully saturated rings. The fourth-order valence-corrected chi connectivity index (χ4v) is 4.78. The van der Waals surface area contributed by atoms with E-state index in [1.807, 2.05) is 65.2 Å². The van der Waals surface area contributed by atoms with Crippen LogP contribution in [0.25, 0.3) is 33.5 Å². The number of thioether (sulfide) groups is 1. The highest BCUT2D eigenvalue weighted by molar-refractivity contribution is 7.99. The number of carbonyl (C=O) groups excluding carboxylic acids is 1. The van der Waals surface area contributed by atoms with Gasteiger partial charge in [0.15, 0.2) is 11.0 Å². The number of aromatic nitrogens is 4. The van der Waals surface area contributed by atoms with E-state index in [-0.39, 0.29) is 17.3 Å². The van der Waals surface area contributed by atoms with Gasteiger partial charge in [-0.25, -0.2) is 4.98 Å². The maximum atomic E-state index is 12.6. The van der Waals surface area contributed by atoms with Crippen LogP contribution in [0.15, 0.2) is 103 Å². The lowest BCUT2D eigenvalue weighted by atomic mass is 10.0. The fraction of sp³-hybridized carbons (Fsp3) is 0.0714. The van der Waals surface area contributed by atoms with Crippen LogP contribution in [0, 0.1) is 10.1 Å². The Kier molecular flexibility index (Phi) is 7.23. The number of nitrogens with zero attached hydrogens (tertiary/aromatic N) is 5. The number of rotatable bonds is 9. The average molecular weight is 523 g/mol. The molecule has 0 aliphatic carbocycles. The largest absolute Gasteiger partial charge is 0.325 e. The van der Waals surface area contributed by atoms with Crippen molar-refractivity contribution in [3.63, 3.8) is 0 Å². The van der Waals surface area contributed by atoms with E-state index >= 15 is 0 Å². The number of non-ortho nitro benzene ring substituents is 1. The van der Waals surface area contributed by atoms with Crippen LogP contribution in [0.5, 0.6) is 0 Å². The first-order valence-corrected chi connectivity index (χ1v) is 12.7. The average Bonchev–Trinajstić information content (AvgIpc) is 3.34. The van der Waals surface area contributed by atoms with E-state index in [2.05, 4.69) is 22.1 Å². The van der Waals surface area contributed by atoms with Crippen molar-refractivity contribution in [2.45, 2.75) is 11.7 Å². The van der Waals surface area contributed by atoms with Crippen LogP contribution in [-0.2, 0) is 11.3 Å². The molecule has 2 aromatic heterocycles. The second kappa shape index (κ2) is 11.1. The van der Waals surface area contributed by atoms with Crippen LogP contribution in [-0.4, -0.2) is 36.3 Å². The molecule has 0 bridgehead atoms. The van der Waals surface area contributed by atoms with E-state index in [1.54, 1.807) is 12.1 Å². The number of nitro groups is 1. The minimum absolute atomic E-state index is 0.0460. The summed E-state index contributed by atoms with van der Waals surface area (Å²) in [7, 11) is 0. The normalized spacial score (nSPS) is 10.8. The van der Waals surface area contributed by atoms with E-state index in [1.165, 1.54) is 30.0 Å². The molecule has 0 saturated carbocycles. The molecule has 3 aromatic carbocycles.